The zero-order valence-corrected chi connectivity index (χ0v) is 12.8. The van der Waals surface area contributed by atoms with Crippen molar-refractivity contribution in [1.29, 1.82) is 0 Å². The first-order valence-corrected chi connectivity index (χ1v) is 7.56. The van der Waals surface area contributed by atoms with E-state index in [0.29, 0.717) is 10.8 Å². The number of nitrogens with one attached hydrogen (secondary N) is 2. The van der Waals surface area contributed by atoms with E-state index in [0.717, 1.165) is 17.7 Å². The molecule has 2 N–H and O–H groups in total. The highest BCUT2D eigenvalue weighted by Gasteiger charge is 2.10. The van der Waals surface area contributed by atoms with Crippen molar-refractivity contribution in [1.82, 2.24) is 4.98 Å². The van der Waals surface area contributed by atoms with E-state index >= 15 is 0 Å². The Morgan fingerprint density at radius 3 is 2.71 bits per heavy atom. The van der Waals surface area contributed by atoms with E-state index < -0.39 is 0 Å². The molecule has 0 spiro atoms. The first kappa shape index (κ1) is 15.2. The lowest BCUT2D eigenvalue weighted by atomic mass is 10.1. The van der Waals surface area contributed by atoms with Crippen molar-refractivity contribution in [2.75, 3.05) is 10.6 Å². The van der Waals surface area contributed by atoms with Crippen LogP contribution in [0, 0.1) is 0 Å². The third kappa shape index (κ3) is 4.39. The molecule has 0 atom stereocenters. The molecule has 110 valence electrons. The van der Waals surface area contributed by atoms with E-state index in [1.165, 1.54) is 18.3 Å². The van der Waals surface area contributed by atoms with Gasteiger partial charge in [-0.15, -0.1) is 11.3 Å². The molecule has 6 heteroatoms. The normalized spacial score (nSPS) is 10.2. The molecule has 1 aromatic carbocycles. The molecule has 21 heavy (non-hydrogen) atoms. The van der Waals surface area contributed by atoms with Gasteiger partial charge in [0.25, 0.3) is 0 Å². The fraction of sp³-hybridized carbons (Fsp3) is 0.267. The number of nitrogens with zero attached hydrogens (tertiary/aromatic N) is 1. The van der Waals surface area contributed by atoms with Gasteiger partial charge in [-0.1, -0.05) is 25.1 Å². The molecular weight excluding hydrogens is 286 g/mol. The fourth-order valence-electron chi connectivity index (χ4n) is 1.91. The minimum Gasteiger partial charge on any atom is -0.325 e. The summed E-state index contributed by atoms with van der Waals surface area (Å²) in [5, 5.41) is 7.79. The molecule has 5 nitrogen and oxygen atoms in total. The molecule has 0 unspecified atom stereocenters. The summed E-state index contributed by atoms with van der Waals surface area (Å²) < 4.78 is 0. The molecule has 0 fully saturated rings. The molecular formula is C15H17N3O2S. The van der Waals surface area contributed by atoms with Gasteiger partial charge in [-0.3, -0.25) is 9.59 Å². The first-order valence-electron chi connectivity index (χ1n) is 6.68. The number of amides is 2. The Labute approximate surface area is 127 Å². The van der Waals surface area contributed by atoms with E-state index in [4.69, 9.17) is 0 Å². The molecule has 2 rings (SSSR count). The highest BCUT2D eigenvalue weighted by molar-refractivity contribution is 7.13. The van der Waals surface area contributed by atoms with Gasteiger partial charge < -0.3 is 10.6 Å². The SMILES string of the molecule is CCc1ccccc1NC(=O)Cc1csc(NC(C)=O)n1. The van der Waals surface area contributed by atoms with Crippen LogP contribution in [-0.4, -0.2) is 16.8 Å². The number of thiazole rings is 1. The van der Waals surface area contributed by atoms with Gasteiger partial charge >= 0.3 is 0 Å². The fourth-order valence-corrected chi connectivity index (χ4v) is 2.66. The zero-order valence-electron chi connectivity index (χ0n) is 12.0. The smallest absolute Gasteiger partial charge is 0.230 e. The standard InChI is InChI=1S/C15H17N3O2S/c1-3-11-6-4-5-7-13(11)18-14(20)8-12-9-21-15(17-12)16-10(2)19/h4-7,9H,3,8H2,1-2H3,(H,18,20)(H,16,17,19). The van der Waals surface area contributed by atoms with Gasteiger partial charge in [0, 0.05) is 18.0 Å². The predicted octanol–water partition coefficient (Wildman–Crippen LogP) is 2.85. The van der Waals surface area contributed by atoms with Crippen molar-refractivity contribution in [2.24, 2.45) is 0 Å². The Morgan fingerprint density at radius 2 is 2.00 bits per heavy atom. The van der Waals surface area contributed by atoms with Gasteiger partial charge in [-0.2, -0.15) is 0 Å². The van der Waals surface area contributed by atoms with Crippen LogP contribution in [0.4, 0.5) is 10.8 Å². The maximum absolute atomic E-state index is 12.0. The summed E-state index contributed by atoms with van der Waals surface area (Å²) in [7, 11) is 0. The molecule has 0 aliphatic carbocycles. The van der Waals surface area contributed by atoms with Crippen LogP contribution < -0.4 is 10.6 Å². The van der Waals surface area contributed by atoms with Crippen LogP contribution in [0.25, 0.3) is 0 Å². The summed E-state index contributed by atoms with van der Waals surface area (Å²) >= 11 is 1.31. The number of carbonyl (C=O) groups excluding carboxylic acids is 2. The van der Waals surface area contributed by atoms with E-state index in [1.54, 1.807) is 5.38 Å². The molecule has 0 aliphatic heterocycles. The van der Waals surface area contributed by atoms with Crippen LogP contribution in [0.3, 0.4) is 0 Å². The third-order valence-corrected chi connectivity index (χ3v) is 3.66. The third-order valence-electron chi connectivity index (χ3n) is 2.85. The number of aryl methyl sites for hydroxylation is 1. The average molecular weight is 303 g/mol. The Kier molecular flexibility index (Phi) is 5.05. The second-order valence-corrected chi connectivity index (χ2v) is 5.42. The summed E-state index contributed by atoms with van der Waals surface area (Å²) in [6.45, 7) is 3.47. The Bertz CT molecular complexity index is 652. The van der Waals surface area contributed by atoms with Crippen molar-refractivity contribution in [3.8, 4) is 0 Å². The lowest BCUT2D eigenvalue weighted by Gasteiger charge is -2.08. The molecule has 1 aromatic heterocycles. The molecule has 0 saturated heterocycles. The average Bonchev–Trinajstić information content (AvgIpc) is 2.85. The number of para-hydroxylation sites is 1. The van der Waals surface area contributed by atoms with Gasteiger partial charge in [-0.25, -0.2) is 4.98 Å². The van der Waals surface area contributed by atoms with Crippen LogP contribution in [0.2, 0.25) is 0 Å². The largest absolute Gasteiger partial charge is 0.325 e. The topological polar surface area (TPSA) is 71.1 Å². The summed E-state index contributed by atoms with van der Waals surface area (Å²) in [6.07, 6.45) is 1.05. The van der Waals surface area contributed by atoms with Crippen LogP contribution >= 0.6 is 11.3 Å². The van der Waals surface area contributed by atoms with E-state index in [2.05, 4.69) is 15.6 Å². The van der Waals surface area contributed by atoms with Gasteiger partial charge in [0.2, 0.25) is 11.8 Å². The van der Waals surface area contributed by atoms with E-state index in [1.807, 2.05) is 31.2 Å². The molecule has 0 radical (unpaired) electrons. The Morgan fingerprint density at radius 1 is 1.24 bits per heavy atom. The first-order chi connectivity index (χ1) is 10.1. The monoisotopic (exact) mass is 303 g/mol. The summed E-state index contributed by atoms with van der Waals surface area (Å²) in [4.78, 5) is 27.2. The van der Waals surface area contributed by atoms with Gasteiger partial charge in [0.05, 0.1) is 12.1 Å². The molecule has 2 amide bonds. The molecule has 2 aromatic rings. The number of anilines is 2. The summed E-state index contributed by atoms with van der Waals surface area (Å²) in [5.74, 6) is -0.284. The lowest BCUT2D eigenvalue weighted by molar-refractivity contribution is -0.116. The zero-order chi connectivity index (χ0) is 15.2. The number of hydrogen-bond acceptors (Lipinski definition) is 4. The second-order valence-electron chi connectivity index (χ2n) is 4.56. The van der Waals surface area contributed by atoms with Crippen molar-refractivity contribution >= 4 is 34.0 Å². The summed E-state index contributed by atoms with van der Waals surface area (Å²) in [5.41, 5.74) is 2.58. The lowest BCUT2D eigenvalue weighted by Crippen LogP contribution is -2.15. The van der Waals surface area contributed by atoms with E-state index in [-0.39, 0.29) is 18.2 Å². The van der Waals surface area contributed by atoms with Crippen molar-refractivity contribution in [3.63, 3.8) is 0 Å². The van der Waals surface area contributed by atoms with Crippen LogP contribution in [0.1, 0.15) is 25.1 Å². The minimum atomic E-state index is -0.169. The number of carbonyl (C=O) groups is 2. The highest BCUT2D eigenvalue weighted by Crippen LogP contribution is 2.18. The maximum Gasteiger partial charge on any atom is 0.230 e. The molecule has 0 aliphatic rings. The van der Waals surface area contributed by atoms with Crippen LogP contribution in [0.5, 0.6) is 0 Å². The Balaban J connectivity index is 1.98. The van der Waals surface area contributed by atoms with Crippen LogP contribution in [0.15, 0.2) is 29.6 Å². The minimum absolute atomic E-state index is 0.115. The van der Waals surface area contributed by atoms with Crippen LogP contribution in [-0.2, 0) is 22.4 Å². The van der Waals surface area contributed by atoms with Crippen molar-refractivity contribution in [3.05, 3.63) is 40.9 Å². The molecule has 1 heterocycles. The maximum atomic E-state index is 12.0. The predicted molar refractivity (Wildman–Crippen MR) is 84.6 cm³/mol. The highest BCUT2D eigenvalue weighted by atomic mass is 32.1. The van der Waals surface area contributed by atoms with E-state index in [9.17, 15) is 9.59 Å². The van der Waals surface area contributed by atoms with Crippen molar-refractivity contribution in [2.45, 2.75) is 26.7 Å². The van der Waals surface area contributed by atoms with Gasteiger partial charge in [-0.05, 0) is 18.1 Å². The van der Waals surface area contributed by atoms with Crippen molar-refractivity contribution < 1.29 is 9.59 Å². The number of benzene rings is 1. The van der Waals surface area contributed by atoms with Gasteiger partial charge in [0.15, 0.2) is 5.13 Å². The quantitative estimate of drug-likeness (QED) is 0.892. The second kappa shape index (κ2) is 6.99. The Hall–Kier alpha value is -2.21. The number of hydrogen-bond donors (Lipinski definition) is 2. The number of rotatable bonds is 5. The molecule has 0 bridgehead atoms. The summed E-state index contributed by atoms with van der Waals surface area (Å²) in [6, 6.07) is 7.73. The molecule has 0 saturated carbocycles. The number of aromatic nitrogens is 1. The van der Waals surface area contributed by atoms with Gasteiger partial charge in [0.1, 0.15) is 0 Å².